The van der Waals surface area contributed by atoms with E-state index in [0.717, 1.165) is 22.5 Å². The van der Waals surface area contributed by atoms with Gasteiger partial charge in [-0.1, -0.05) is 30.3 Å². The molecule has 9 heteroatoms. The zero-order valence-corrected chi connectivity index (χ0v) is 21.8. The molecule has 9 nitrogen and oxygen atoms in total. The van der Waals surface area contributed by atoms with E-state index in [1.165, 1.54) is 4.90 Å². The molecular formula is C29H29N7O2. The second-order valence-electron chi connectivity index (χ2n) is 9.36. The number of carbonyl (C=O) groups excluding carboxylic acids is 2. The molecule has 3 aromatic carbocycles. The van der Waals surface area contributed by atoms with Gasteiger partial charge in [0.15, 0.2) is 0 Å². The minimum absolute atomic E-state index is 0.211. The van der Waals surface area contributed by atoms with E-state index in [-0.39, 0.29) is 11.9 Å². The van der Waals surface area contributed by atoms with Crippen LogP contribution in [0.15, 0.2) is 79.0 Å². The molecule has 0 fully saturated rings. The quantitative estimate of drug-likeness (QED) is 0.362. The van der Waals surface area contributed by atoms with Crippen LogP contribution < -0.4 is 25.3 Å². The van der Waals surface area contributed by atoms with Crippen molar-refractivity contribution in [1.29, 1.82) is 0 Å². The number of urea groups is 1. The molecule has 38 heavy (non-hydrogen) atoms. The van der Waals surface area contributed by atoms with E-state index in [2.05, 4.69) is 20.6 Å². The Labute approximate surface area is 221 Å². The number of aryl methyl sites for hydroxylation is 1. The lowest BCUT2D eigenvalue weighted by Gasteiger charge is -2.35. The van der Waals surface area contributed by atoms with Crippen LogP contribution in [0.5, 0.6) is 0 Å². The van der Waals surface area contributed by atoms with E-state index in [0.29, 0.717) is 35.2 Å². The number of aromatic nitrogens is 2. The molecule has 0 spiro atoms. The molecule has 0 aliphatic carbocycles. The Morgan fingerprint density at radius 3 is 2.53 bits per heavy atom. The predicted molar refractivity (Wildman–Crippen MR) is 152 cm³/mol. The molecule has 0 saturated carbocycles. The van der Waals surface area contributed by atoms with Gasteiger partial charge in [0.05, 0.1) is 12.2 Å². The van der Waals surface area contributed by atoms with Crippen molar-refractivity contribution in [2.75, 3.05) is 46.5 Å². The fourth-order valence-electron chi connectivity index (χ4n) is 4.32. The normalized spacial score (nSPS) is 12.7. The van der Waals surface area contributed by atoms with E-state index >= 15 is 0 Å². The van der Waals surface area contributed by atoms with Crippen LogP contribution in [-0.4, -0.2) is 43.0 Å². The van der Waals surface area contributed by atoms with Crippen LogP contribution in [0.3, 0.4) is 0 Å². The predicted octanol–water partition coefficient (Wildman–Crippen LogP) is 5.42. The Morgan fingerprint density at radius 2 is 1.76 bits per heavy atom. The molecular weight excluding hydrogens is 478 g/mol. The second-order valence-corrected chi connectivity index (χ2v) is 9.36. The van der Waals surface area contributed by atoms with Crippen molar-refractivity contribution in [3.63, 3.8) is 0 Å². The van der Waals surface area contributed by atoms with Crippen molar-refractivity contribution in [2.24, 2.45) is 0 Å². The summed E-state index contributed by atoms with van der Waals surface area (Å²) in [6.45, 7) is 2.25. The Hall–Kier alpha value is -4.92. The lowest BCUT2D eigenvalue weighted by Crippen LogP contribution is -2.46. The maximum Gasteiger partial charge on any atom is 0.330 e. The van der Waals surface area contributed by atoms with Gasteiger partial charge in [-0.3, -0.25) is 14.6 Å². The van der Waals surface area contributed by atoms with Gasteiger partial charge in [0.1, 0.15) is 5.82 Å². The van der Waals surface area contributed by atoms with Crippen LogP contribution in [-0.2, 0) is 6.54 Å². The summed E-state index contributed by atoms with van der Waals surface area (Å²) in [6, 6.07) is 22.3. The molecule has 2 N–H and O–H groups in total. The van der Waals surface area contributed by atoms with Gasteiger partial charge >= 0.3 is 6.03 Å². The summed E-state index contributed by atoms with van der Waals surface area (Å²) >= 11 is 0. The Balaban J connectivity index is 1.38. The fraction of sp³-hybridized carbons (Fsp3) is 0.172. The number of rotatable bonds is 6. The summed E-state index contributed by atoms with van der Waals surface area (Å²) in [5, 5.41) is 6.16. The molecule has 1 aliphatic rings. The van der Waals surface area contributed by atoms with Gasteiger partial charge in [0.2, 0.25) is 5.95 Å². The summed E-state index contributed by atoms with van der Waals surface area (Å²) in [7, 11) is 5.66. The first-order valence-corrected chi connectivity index (χ1v) is 12.2. The average Bonchev–Trinajstić information content (AvgIpc) is 2.93. The second kappa shape index (κ2) is 10.2. The Kier molecular flexibility index (Phi) is 6.66. The van der Waals surface area contributed by atoms with Gasteiger partial charge in [0, 0.05) is 55.5 Å². The molecule has 0 radical (unpaired) electrons. The minimum atomic E-state index is -0.216. The van der Waals surface area contributed by atoms with Crippen molar-refractivity contribution in [2.45, 2.75) is 13.5 Å². The van der Waals surface area contributed by atoms with Crippen molar-refractivity contribution in [1.82, 2.24) is 9.97 Å². The van der Waals surface area contributed by atoms with Crippen LogP contribution in [0.25, 0.3) is 0 Å². The highest BCUT2D eigenvalue weighted by molar-refractivity contribution is 6.07. The van der Waals surface area contributed by atoms with E-state index in [1.807, 2.05) is 86.6 Å². The average molecular weight is 508 g/mol. The van der Waals surface area contributed by atoms with Gasteiger partial charge in [-0.25, -0.2) is 9.78 Å². The molecule has 1 aromatic heterocycles. The largest absolute Gasteiger partial charge is 0.378 e. The first kappa shape index (κ1) is 24.8. The van der Waals surface area contributed by atoms with Crippen LogP contribution in [0.4, 0.5) is 39.3 Å². The SMILES string of the molecule is Cc1ccc(NC(=O)c2ccccc2)cc1N1Cc2cnc(Nc3cccc(N(C)C)c3)nc2N(C)C1=O. The third kappa shape index (κ3) is 4.99. The number of nitrogens with one attached hydrogen (secondary N) is 2. The topological polar surface area (TPSA) is 93.7 Å². The number of fused-ring (bicyclic) bond motifs is 1. The van der Waals surface area contributed by atoms with E-state index < -0.39 is 0 Å². The molecule has 0 atom stereocenters. The molecule has 192 valence electrons. The van der Waals surface area contributed by atoms with Gasteiger partial charge in [-0.2, -0.15) is 4.98 Å². The molecule has 0 saturated heterocycles. The minimum Gasteiger partial charge on any atom is -0.378 e. The number of nitrogens with zero attached hydrogens (tertiary/aromatic N) is 5. The fourth-order valence-corrected chi connectivity index (χ4v) is 4.32. The first-order valence-electron chi connectivity index (χ1n) is 12.2. The zero-order chi connectivity index (χ0) is 26.8. The first-order chi connectivity index (χ1) is 18.3. The maximum atomic E-state index is 13.5. The van der Waals surface area contributed by atoms with Crippen LogP contribution in [0.1, 0.15) is 21.5 Å². The molecule has 5 rings (SSSR count). The molecule has 2 heterocycles. The van der Waals surface area contributed by atoms with Crippen molar-refractivity contribution in [3.05, 3.63) is 95.7 Å². The van der Waals surface area contributed by atoms with Crippen molar-refractivity contribution in [3.8, 4) is 0 Å². The van der Waals surface area contributed by atoms with E-state index in [1.54, 1.807) is 30.3 Å². The third-order valence-corrected chi connectivity index (χ3v) is 6.42. The summed E-state index contributed by atoms with van der Waals surface area (Å²) < 4.78 is 0. The highest BCUT2D eigenvalue weighted by Gasteiger charge is 2.31. The van der Waals surface area contributed by atoms with Crippen LogP contribution >= 0.6 is 0 Å². The van der Waals surface area contributed by atoms with Crippen LogP contribution in [0, 0.1) is 6.92 Å². The number of carbonyl (C=O) groups is 2. The number of hydrogen-bond donors (Lipinski definition) is 2. The van der Waals surface area contributed by atoms with E-state index in [4.69, 9.17) is 0 Å². The lowest BCUT2D eigenvalue weighted by molar-refractivity contribution is 0.102. The monoisotopic (exact) mass is 507 g/mol. The maximum absolute atomic E-state index is 13.5. The van der Waals surface area contributed by atoms with Gasteiger partial charge in [0.25, 0.3) is 5.91 Å². The Bertz CT molecular complexity index is 1500. The standard InChI is InChI=1S/C29H29N7O2/c1-19-13-14-23(31-27(37)20-9-6-5-7-10-20)16-25(19)36-18-21-17-30-28(33-26(21)35(4)29(36)38)32-22-11-8-12-24(15-22)34(2)3/h5-17H,18H2,1-4H3,(H,31,37)(H,30,32,33). The number of anilines is 6. The van der Waals surface area contributed by atoms with Crippen LogP contribution in [0.2, 0.25) is 0 Å². The summed E-state index contributed by atoms with van der Waals surface area (Å²) in [5.74, 6) is 0.755. The number of benzene rings is 3. The molecule has 0 unspecified atom stereocenters. The highest BCUT2D eigenvalue weighted by atomic mass is 16.2. The van der Waals surface area contributed by atoms with Gasteiger partial charge in [-0.15, -0.1) is 0 Å². The lowest BCUT2D eigenvalue weighted by atomic mass is 10.1. The molecule has 4 aromatic rings. The number of amides is 3. The van der Waals surface area contributed by atoms with Crippen molar-refractivity contribution >= 4 is 46.5 Å². The molecule has 1 aliphatic heterocycles. The van der Waals surface area contributed by atoms with Crippen molar-refractivity contribution < 1.29 is 9.59 Å². The van der Waals surface area contributed by atoms with Gasteiger partial charge in [-0.05, 0) is 55.0 Å². The van der Waals surface area contributed by atoms with Gasteiger partial charge < -0.3 is 15.5 Å². The van der Waals surface area contributed by atoms with E-state index in [9.17, 15) is 9.59 Å². The molecule has 0 bridgehead atoms. The zero-order valence-electron chi connectivity index (χ0n) is 21.8. The third-order valence-electron chi connectivity index (χ3n) is 6.42. The summed E-state index contributed by atoms with van der Waals surface area (Å²) in [5.41, 5.74) is 5.51. The number of hydrogen-bond acceptors (Lipinski definition) is 6. The molecule has 3 amide bonds. The highest BCUT2D eigenvalue weighted by Crippen LogP contribution is 2.33. The summed E-state index contributed by atoms with van der Waals surface area (Å²) in [4.78, 5) is 40.5. The Morgan fingerprint density at radius 1 is 0.974 bits per heavy atom. The summed E-state index contributed by atoms with van der Waals surface area (Å²) in [6.07, 6.45) is 1.74. The smallest absolute Gasteiger partial charge is 0.330 e.